The molecule has 4 aromatic rings. The Hall–Kier alpha value is -3.75. The van der Waals surface area contributed by atoms with Gasteiger partial charge in [-0.15, -0.1) is 11.8 Å². The van der Waals surface area contributed by atoms with E-state index in [2.05, 4.69) is 16.0 Å². The van der Waals surface area contributed by atoms with Crippen LogP contribution in [-0.2, 0) is 9.59 Å². The van der Waals surface area contributed by atoms with Crippen LogP contribution in [0.5, 0.6) is 0 Å². The van der Waals surface area contributed by atoms with Crippen molar-refractivity contribution in [1.29, 1.82) is 0 Å². The van der Waals surface area contributed by atoms with Gasteiger partial charge in [-0.1, -0.05) is 77.3 Å². The molecule has 0 heterocycles. The van der Waals surface area contributed by atoms with Gasteiger partial charge >= 0.3 is 0 Å². The third-order valence-corrected chi connectivity index (χ3v) is 7.81. The number of carbonyl (C=O) groups excluding carboxylic acids is 3. The summed E-state index contributed by atoms with van der Waals surface area (Å²) in [6.07, 6.45) is 1.46. The Bertz CT molecular complexity index is 1630. The lowest BCUT2D eigenvalue weighted by Gasteiger charge is -2.13. The fourth-order valence-corrected chi connectivity index (χ4v) is 4.95. The minimum absolute atomic E-state index is 0.0302. The molecule has 0 unspecified atom stereocenters. The summed E-state index contributed by atoms with van der Waals surface area (Å²) >= 11 is 19.8. The molecule has 0 saturated heterocycles. The van der Waals surface area contributed by atoms with Gasteiger partial charge in [-0.3, -0.25) is 14.4 Å². The lowest BCUT2D eigenvalue weighted by atomic mass is 10.1. The lowest BCUT2D eigenvalue weighted by molar-refractivity contribution is -0.114. The summed E-state index contributed by atoms with van der Waals surface area (Å²) < 4.78 is 0. The number of benzene rings is 4. The zero-order valence-electron chi connectivity index (χ0n) is 21.7. The van der Waals surface area contributed by atoms with Crippen LogP contribution in [0.15, 0.2) is 102 Å². The number of thioether (sulfide) groups is 1. The molecule has 4 rings (SSSR count). The van der Waals surface area contributed by atoms with Crippen LogP contribution >= 0.6 is 46.6 Å². The average Bonchev–Trinajstić information content (AvgIpc) is 2.96. The second-order valence-electron chi connectivity index (χ2n) is 8.80. The van der Waals surface area contributed by atoms with Crippen molar-refractivity contribution >= 4 is 81.7 Å². The minimum atomic E-state index is -0.568. The molecule has 6 nitrogen and oxygen atoms in total. The number of hydrogen-bond donors (Lipinski definition) is 3. The highest BCUT2D eigenvalue weighted by atomic mass is 35.5. The van der Waals surface area contributed by atoms with E-state index in [9.17, 15) is 14.4 Å². The normalized spacial score (nSPS) is 11.1. The van der Waals surface area contributed by atoms with Crippen LogP contribution in [0.3, 0.4) is 0 Å². The minimum Gasteiger partial charge on any atom is -0.325 e. The lowest BCUT2D eigenvalue weighted by Crippen LogP contribution is -2.30. The first kappa shape index (κ1) is 30.2. The van der Waals surface area contributed by atoms with E-state index in [0.717, 1.165) is 10.5 Å². The van der Waals surface area contributed by atoms with Gasteiger partial charge in [0, 0.05) is 26.9 Å². The first-order chi connectivity index (χ1) is 19.7. The molecule has 0 saturated carbocycles. The van der Waals surface area contributed by atoms with Gasteiger partial charge in [0.1, 0.15) is 5.70 Å². The number of anilines is 2. The van der Waals surface area contributed by atoms with Crippen molar-refractivity contribution in [2.24, 2.45) is 0 Å². The summed E-state index contributed by atoms with van der Waals surface area (Å²) in [4.78, 5) is 39.6. The van der Waals surface area contributed by atoms with E-state index >= 15 is 0 Å². The Balaban J connectivity index is 1.48. The predicted octanol–water partition coefficient (Wildman–Crippen LogP) is 8.10. The molecule has 0 fully saturated rings. The highest BCUT2D eigenvalue weighted by Crippen LogP contribution is 2.28. The second kappa shape index (κ2) is 14.2. The fraction of sp³-hybridized carbons (Fsp3) is 0.0645. The highest BCUT2D eigenvalue weighted by Gasteiger charge is 2.17. The van der Waals surface area contributed by atoms with E-state index in [1.165, 1.54) is 17.8 Å². The average molecular weight is 625 g/mol. The van der Waals surface area contributed by atoms with Gasteiger partial charge in [0.2, 0.25) is 5.91 Å². The highest BCUT2D eigenvalue weighted by molar-refractivity contribution is 8.00. The van der Waals surface area contributed by atoms with Crippen molar-refractivity contribution in [3.8, 4) is 0 Å². The van der Waals surface area contributed by atoms with E-state index < -0.39 is 11.8 Å². The van der Waals surface area contributed by atoms with E-state index in [-0.39, 0.29) is 22.4 Å². The second-order valence-corrected chi connectivity index (χ2v) is 11.1. The Morgan fingerprint density at radius 3 is 2.37 bits per heavy atom. The molecular formula is C31H24Cl3N3O3S. The molecule has 10 heteroatoms. The molecule has 0 spiro atoms. The number of aryl methyl sites for hydroxylation is 1. The Morgan fingerprint density at radius 2 is 1.59 bits per heavy atom. The van der Waals surface area contributed by atoms with Crippen LogP contribution in [-0.4, -0.2) is 23.5 Å². The Kier molecular flexibility index (Phi) is 10.5. The number of hydrogen-bond acceptors (Lipinski definition) is 4. The van der Waals surface area contributed by atoms with Crippen molar-refractivity contribution in [2.75, 3.05) is 16.4 Å². The molecule has 4 aromatic carbocycles. The van der Waals surface area contributed by atoms with Crippen molar-refractivity contribution in [3.05, 3.63) is 128 Å². The Morgan fingerprint density at radius 1 is 0.829 bits per heavy atom. The molecule has 0 aliphatic heterocycles. The first-order valence-corrected chi connectivity index (χ1v) is 14.4. The number of rotatable bonds is 9. The largest absolute Gasteiger partial charge is 0.325 e. The zero-order valence-corrected chi connectivity index (χ0v) is 24.8. The molecule has 0 radical (unpaired) electrons. The molecule has 3 amide bonds. The standard InChI is InChI=1S/C31H24Cl3N3O3S/c1-19-13-14-22(32)16-26(19)36-28(38)18-41-24-11-6-10-23(17-24)35-31(40)27(15-21-9-5-12-25(33)29(21)34)37-30(39)20-7-3-2-4-8-20/h2-17H,18H2,1H3,(H,35,40)(H,36,38)(H,37,39)/b27-15+. The molecule has 0 bridgehead atoms. The molecule has 208 valence electrons. The van der Waals surface area contributed by atoms with Gasteiger partial charge in [-0.05, 0) is 72.7 Å². The van der Waals surface area contributed by atoms with E-state index in [1.54, 1.807) is 78.9 Å². The van der Waals surface area contributed by atoms with Crippen LogP contribution in [0, 0.1) is 6.92 Å². The summed E-state index contributed by atoms with van der Waals surface area (Å²) in [6, 6.07) is 25.9. The van der Waals surface area contributed by atoms with Gasteiger partial charge in [-0.2, -0.15) is 0 Å². The van der Waals surface area contributed by atoms with E-state index in [4.69, 9.17) is 34.8 Å². The molecule has 0 aliphatic carbocycles. The van der Waals surface area contributed by atoms with Crippen LogP contribution in [0.4, 0.5) is 11.4 Å². The van der Waals surface area contributed by atoms with Crippen LogP contribution in [0.25, 0.3) is 6.08 Å². The third kappa shape index (κ3) is 8.62. The number of nitrogens with one attached hydrogen (secondary N) is 3. The zero-order chi connectivity index (χ0) is 29.4. The van der Waals surface area contributed by atoms with Crippen LogP contribution in [0.2, 0.25) is 15.1 Å². The van der Waals surface area contributed by atoms with Gasteiger partial charge in [-0.25, -0.2) is 0 Å². The van der Waals surface area contributed by atoms with Crippen molar-refractivity contribution in [3.63, 3.8) is 0 Å². The summed E-state index contributed by atoms with van der Waals surface area (Å²) in [6.45, 7) is 1.89. The molecule has 0 atom stereocenters. The van der Waals surface area contributed by atoms with E-state index in [1.807, 2.05) is 19.1 Å². The number of amides is 3. The monoisotopic (exact) mass is 623 g/mol. The number of carbonyl (C=O) groups is 3. The first-order valence-electron chi connectivity index (χ1n) is 12.3. The van der Waals surface area contributed by atoms with Crippen molar-refractivity contribution < 1.29 is 14.4 Å². The maximum atomic E-state index is 13.4. The fourth-order valence-electron chi connectivity index (χ4n) is 3.66. The maximum Gasteiger partial charge on any atom is 0.272 e. The maximum absolute atomic E-state index is 13.4. The van der Waals surface area contributed by atoms with Crippen molar-refractivity contribution in [2.45, 2.75) is 11.8 Å². The van der Waals surface area contributed by atoms with Gasteiger partial charge in [0.15, 0.2) is 0 Å². The van der Waals surface area contributed by atoms with Crippen LogP contribution in [0.1, 0.15) is 21.5 Å². The smallest absolute Gasteiger partial charge is 0.272 e. The SMILES string of the molecule is Cc1ccc(Cl)cc1NC(=O)CSc1cccc(NC(=O)/C(=C\c2cccc(Cl)c2Cl)NC(=O)c2ccccc2)c1. The summed E-state index contributed by atoms with van der Waals surface area (Å²) in [5, 5.41) is 9.45. The van der Waals surface area contributed by atoms with Gasteiger partial charge in [0.25, 0.3) is 11.8 Å². The van der Waals surface area contributed by atoms with Gasteiger partial charge < -0.3 is 16.0 Å². The molecule has 41 heavy (non-hydrogen) atoms. The van der Waals surface area contributed by atoms with Gasteiger partial charge in [0.05, 0.1) is 15.8 Å². The number of halogens is 3. The quantitative estimate of drug-likeness (QED) is 0.130. The predicted molar refractivity (Wildman–Crippen MR) is 169 cm³/mol. The molecular weight excluding hydrogens is 601 g/mol. The molecule has 0 aromatic heterocycles. The summed E-state index contributed by atoms with van der Waals surface area (Å²) in [7, 11) is 0. The molecule has 0 aliphatic rings. The topological polar surface area (TPSA) is 87.3 Å². The van der Waals surface area contributed by atoms with E-state index in [0.29, 0.717) is 32.5 Å². The van der Waals surface area contributed by atoms with Crippen molar-refractivity contribution in [1.82, 2.24) is 5.32 Å². The third-order valence-electron chi connectivity index (χ3n) is 5.75. The molecule has 3 N–H and O–H groups in total. The summed E-state index contributed by atoms with van der Waals surface area (Å²) in [5.41, 5.74) is 2.84. The Labute approximate surface area is 257 Å². The van der Waals surface area contributed by atoms with Crippen LogP contribution < -0.4 is 16.0 Å². The summed E-state index contributed by atoms with van der Waals surface area (Å²) in [5.74, 6) is -1.08.